The number of rotatable bonds is 6. The average molecular weight is 253 g/mol. The van der Waals surface area contributed by atoms with E-state index in [1.165, 1.54) is 77.8 Å². The van der Waals surface area contributed by atoms with Crippen molar-refractivity contribution in [3.63, 3.8) is 0 Å². The van der Waals surface area contributed by atoms with Crippen LogP contribution in [0.15, 0.2) is 0 Å². The van der Waals surface area contributed by atoms with E-state index in [9.17, 15) is 0 Å². The van der Waals surface area contributed by atoms with E-state index in [4.69, 9.17) is 0 Å². The van der Waals surface area contributed by atoms with Crippen molar-refractivity contribution < 1.29 is 0 Å². The SMILES string of the molecule is CN1CCCC(CCNCCC2CCNCC2)C1. The molecule has 3 nitrogen and oxygen atoms in total. The standard InChI is InChI=1S/C15H31N3/c1-18-12-2-3-15(13-18)7-11-17-10-6-14-4-8-16-9-5-14/h14-17H,2-13H2,1H3. The molecule has 0 aromatic rings. The van der Waals surface area contributed by atoms with E-state index in [0.29, 0.717) is 0 Å². The molecule has 18 heavy (non-hydrogen) atoms. The summed E-state index contributed by atoms with van der Waals surface area (Å²) in [7, 11) is 2.26. The van der Waals surface area contributed by atoms with Crippen LogP contribution >= 0.6 is 0 Å². The van der Waals surface area contributed by atoms with Gasteiger partial charge in [-0.25, -0.2) is 0 Å². The number of hydrogen-bond donors (Lipinski definition) is 2. The molecule has 2 saturated heterocycles. The van der Waals surface area contributed by atoms with Gasteiger partial charge in [-0.05, 0) is 90.1 Å². The predicted octanol–water partition coefficient (Wildman–Crippen LogP) is 1.70. The highest BCUT2D eigenvalue weighted by molar-refractivity contribution is 4.72. The Hall–Kier alpha value is -0.120. The lowest BCUT2D eigenvalue weighted by Gasteiger charge is -2.29. The van der Waals surface area contributed by atoms with Crippen molar-refractivity contribution in [1.29, 1.82) is 0 Å². The zero-order valence-corrected chi connectivity index (χ0v) is 12.1. The van der Waals surface area contributed by atoms with Gasteiger partial charge in [-0.3, -0.25) is 0 Å². The van der Waals surface area contributed by atoms with E-state index >= 15 is 0 Å². The molecule has 0 amide bonds. The summed E-state index contributed by atoms with van der Waals surface area (Å²) in [6.07, 6.45) is 8.36. The Morgan fingerprint density at radius 3 is 2.50 bits per heavy atom. The molecule has 0 radical (unpaired) electrons. The quantitative estimate of drug-likeness (QED) is 0.706. The molecule has 0 bridgehead atoms. The second kappa shape index (κ2) is 8.13. The first-order valence-corrected chi connectivity index (χ1v) is 7.94. The lowest BCUT2D eigenvalue weighted by molar-refractivity contribution is 0.201. The first-order valence-electron chi connectivity index (χ1n) is 7.94. The third-order valence-electron chi connectivity index (χ3n) is 4.64. The monoisotopic (exact) mass is 253 g/mol. The Labute approximate surface area is 113 Å². The number of nitrogens with one attached hydrogen (secondary N) is 2. The first-order chi connectivity index (χ1) is 8.84. The summed E-state index contributed by atoms with van der Waals surface area (Å²) in [5.74, 6) is 1.91. The molecular formula is C15H31N3. The average Bonchev–Trinajstić information content (AvgIpc) is 2.40. The molecule has 0 aliphatic carbocycles. The summed E-state index contributed by atoms with van der Waals surface area (Å²) in [6, 6.07) is 0. The summed E-state index contributed by atoms with van der Waals surface area (Å²) >= 11 is 0. The van der Waals surface area contributed by atoms with Gasteiger partial charge in [0.1, 0.15) is 0 Å². The van der Waals surface area contributed by atoms with Crippen molar-refractivity contribution in [2.75, 3.05) is 46.3 Å². The second-order valence-electron chi connectivity index (χ2n) is 6.29. The molecule has 0 saturated carbocycles. The summed E-state index contributed by atoms with van der Waals surface area (Å²) < 4.78 is 0. The van der Waals surface area contributed by atoms with Crippen molar-refractivity contribution in [1.82, 2.24) is 15.5 Å². The normalized spacial score (nSPS) is 27.5. The van der Waals surface area contributed by atoms with Gasteiger partial charge in [-0.15, -0.1) is 0 Å². The smallest absolute Gasteiger partial charge is 0.000709 e. The summed E-state index contributed by atoms with van der Waals surface area (Å²) in [5.41, 5.74) is 0. The van der Waals surface area contributed by atoms with Crippen LogP contribution in [0, 0.1) is 11.8 Å². The first kappa shape index (κ1) is 14.3. The number of likely N-dealkylation sites (tertiary alicyclic amines) is 1. The Morgan fingerprint density at radius 2 is 1.78 bits per heavy atom. The van der Waals surface area contributed by atoms with Gasteiger partial charge in [0.25, 0.3) is 0 Å². The molecule has 2 aliphatic heterocycles. The van der Waals surface area contributed by atoms with Crippen LogP contribution in [0.5, 0.6) is 0 Å². The van der Waals surface area contributed by atoms with Gasteiger partial charge >= 0.3 is 0 Å². The Balaban J connectivity index is 1.45. The van der Waals surface area contributed by atoms with Crippen LogP contribution in [0.25, 0.3) is 0 Å². The van der Waals surface area contributed by atoms with Gasteiger partial charge in [0, 0.05) is 6.54 Å². The highest BCUT2D eigenvalue weighted by Crippen LogP contribution is 2.18. The van der Waals surface area contributed by atoms with E-state index in [1.807, 2.05) is 0 Å². The van der Waals surface area contributed by atoms with E-state index in [-0.39, 0.29) is 0 Å². The van der Waals surface area contributed by atoms with Crippen molar-refractivity contribution in [2.24, 2.45) is 11.8 Å². The highest BCUT2D eigenvalue weighted by atomic mass is 15.1. The largest absolute Gasteiger partial charge is 0.317 e. The lowest BCUT2D eigenvalue weighted by atomic mass is 9.94. The molecule has 0 spiro atoms. The number of piperidine rings is 2. The fourth-order valence-corrected chi connectivity index (χ4v) is 3.42. The predicted molar refractivity (Wildman–Crippen MR) is 77.9 cm³/mol. The van der Waals surface area contributed by atoms with Crippen LogP contribution in [0.2, 0.25) is 0 Å². The minimum Gasteiger partial charge on any atom is -0.317 e. The lowest BCUT2D eigenvalue weighted by Crippen LogP contribution is -2.34. The van der Waals surface area contributed by atoms with Gasteiger partial charge in [0.2, 0.25) is 0 Å². The van der Waals surface area contributed by atoms with E-state index in [2.05, 4.69) is 22.6 Å². The maximum atomic E-state index is 3.66. The summed E-state index contributed by atoms with van der Waals surface area (Å²) in [6.45, 7) is 7.55. The molecule has 2 rings (SSSR count). The van der Waals surface area contributed by atoms with E-state index in [1.54, 1.807) is 0 Å². The fourth-order valence-electron chi connectivity index (χ4n) is 3.42. The van der Waals surface area contributed by atoms with Gasteiger partial charge in [-0.2, -0.15) is 0 Å². The minimum atomic E-state index is 0.940. The van der Waals surface area contributed by atoms with Crippen molar-refractivity contribution >= 4 is 0 Å². The van der Waals surface area contributed by atoms with E-state index in [0.717, 1.165) is 11.8 Å². The number of hydrogen-bond acceptors (Lipinski definition) is 3. The fraction of sp³-hybridized carbons (Fsp3) is 1.00. The third-order valence-corrected chi connectivity index (χ3v) is 4.64. The molecule has 1 unspecified atom stereocenters. The zero-order valence-electron chi connectivity index (χ0n) is 12.1. The summed E-state index contributed by atoms with van der Waals surface area (Å²) in [4.78, 5) is 2.49. The second-order valence-corrected chi connectivity index (χ2v) is 6.29. The van der Waals surface area contributed by atoms with Gasteiger partial charge in [0.05, 0.1) is 0 Å². The Bertz CT molecular complexity index is 214. The van der Waals surface area contributed by atoms with Gasteiger partial charge in [-0.1, -0.05) is 0 Å². The minimum absolute atomic E-state index is 0.940. The maximum Gasteiger partial charge on any atom is 0.000709 e. The molecule has 0 aromatic carbocycles. The molecule has 2 fully saturated rings. The van der Waals surface area contributed by atoms with Crippen molar-refractivity contribution in [3.05, 3.63) is 0 Å². The third kappa shape index (κ3) is 5.25. The molecule has 2 N–H and O–H groups in total. The van der Waals surface area contributed by atoms with Crippen LogP contribution in [-0.2, 0) is 0 Å². The van der Waals surface area contributed by atoms with Crippen LogP contribution in [-0.4, -0.2) is 51.2 Å². The van der Waals surface area contributed by atoms with Crippen LogP contribution in [0.4, 0.5) is 0 Å². The van der Waals surface area contributed by atoms with Crippen molar-refractivity contribution in [2.45, 2.75) is 38.5 Å². The highest BCUT2D eigenvalue weighted by Gasteiger charge is 2.16. The molecular weight excluding hydrogens is 222 g/mol. The molecule has 1 atom stereocenters. The molecule has 0 aromatic heterocycles. The molecule has 106 valence electrons. The van der Waals surface area contributed by atoms with Crippen LogP contribution < -0.4 is 10.6 Å². The summed E-state index contributed by atoms with van der Waals surface area (Å²) in [5, 5.41) is 7.09. The zero-order chi connectivity index (χ0) is 12.6. The van der Waals surface area contributed by atoms with Gasteiger partial charge in [0.15, 0.2) is 0 Å². The Morgan fingerprint density at radius 1 is 1.06 bits per heavy atom. The Kier molecular flexibility index (Phi) is 6.46. The topological polar surface area (TPSA) is 27.3 Å². The van der Waals surface area contributed by atoms with Crippen LogP contribution in [0.1, 0.15) is 38.5 Å². The maximum absolute atomic E-state index is 3.66. The van der Waals surface area contributed by atoms with Gasteiger partial charge < -0.3 is 15.5 Å². The number of nitrogens with zero attached hydrogens (tertiary/aromatic N) is 1. The molecule has 3 heteroatoms. The molecule has 2 heterocycles. The van der Waals surface area contributed by atoms with Crippen molar-refractivity contribution in [3.8, 4) is 0 Å². The van der Waals surface area contributed by atoms with E-state index < -0.39 is 0 Å². The van der Waals surface area contributed by atoms with Crippen LogP contribution in [0.3, 0.4) is 0 Å². The molecule has 2 aliphatic rings.